The fourth-order valence-corrected chi connectivity index (χ4v) is 1.69. The topological polar surface area (TPSA) is 88.1 Å². The molecule has 5 heteroatoms. The zero-order valence-electron chi connectivity index (χ0n) is 10.9. The van der Waals surface area contributed by atoms with Crippen molar-refractivity contribution in [1.82, 2.24) is 0 Å². The molecule has 0 fully saturated rings. The van der Waals surface area contributed by atoms with Crippen LogP contribution in [0.15, 0.2) is 42.5 Å². The number of carbonyl (C=O) groups excluding carboxylic acids is 1. The van der Waals surface area contributed by atoms with Crippen molar-refractivity contribution in [3.8, 4) is 11.8 Å². The molecule has 2 aromatic rings. The lowest BCUT2D eigenvalue weighted by atomic mass is 10.1. The van der Waals surface area contributed by atoms with Crippen LogP contribution in [-0.2, 0) is 0 Å². The molecule has 0 heterocycles. The van der Waals surface area contributed by atoms with E-state index < -0.39 is 0 Å². The summed E-state index contributed by atoms with van der Waals surface area (Å²) in [4.78, 5) is 12.1. The molecule has 3 N–H and O–H groups in total. The summed E-state index contributed by atoms with van der Waals surface area (Å²) < 4.78 is 5.16. The van der Waals surface area contributed by atoms with Crippen LogP contribution in [0.4, 0.5) is 11.4 Å². The number of nitrogens with two attached hydrogens (primary N) is 1. The molecule has 0 aromatic heterocycles. The van der Waals surface area contributed by atoms with Crippen molar-refractivity contribution < 1.29 is 9.53 Å². The van der Waals surface area contributed by atoms with Gasteiger partial charge in [-0.15, -0.1) is 0 Å². The molecular formula is C15H13N3O2. The number of nitrogen functional groups attached to an aromatic ring is 1. The largest absolute Gasteiger partial charge is 0.495 e. The van der Waals surface area contributed by atoms with Crippen LogP contribution in [0.25, 0.3) is 0 Å². The van der Waals surface area contributed by atoms with Gasteiger partial charge in [0.25, 0.3) is 5.91 Å². The van der Waals surface area contributed by atoms with Crippen molar-refractivity contribution in [1.29, 1.82) is 5.26 Å². The number of hydrogen-bond acceptors (Lipinski definition) is 4. The van der Waals surface area contributed by atoms with E-state index in [0.29, 0.717) is 28.3 Å². The molecule has 0 aliphatic heterocycles. The summed E-state index contributed by atoms with van der Waals surface area (Å²) in [6, 6.07) is 13.4. The van der Waals surface area contributed by atoms with Crippen molar-refractivity contribution in [2.75, 3.05) is 18.2 Å². The van der Waals surface area contributed by atoms with Crippen LogP contribution in [0.5, 0.6) is 5.75 Å². The van der Waals surface area contributed by atoms with Gasteiger partial charge >= 0.3 is 0 Å². The molecule has 0 atom stereocenters. The highest BCUT2D eigenvalue weighted by molar-refractivity contribution is 6.05. The first-order valence-electron chi connectivity index (χ1n) is 5.89. The zero-order valence-corrected chi connectivity index (χ0v) is 10.9. The average Bonchev–Trinajstić information content (AvgIpc) is 2.48. The summed E-state index contributed by atoms with van der Waals surface area (Å²) in [5, 5.41) is 11.6. The molecule has 0 spiro atoms. The number of rotatable bonds is 3. The number of amides is 1. The lowest BCUT2D eigenvalue weighted by molar-refractivity contribution is 0.102. The van der Waals surface area contributed by atoms with E-state index in [0.717, 1.165) is 0 Å². The van der Waals surface area contributed by atoms with Gasteiger partial charge in [0.05, 0.1) is 24.4 Å². The van der Waals surface area contributed by atoms with Crippen molar-refractivity contribution in [2.24, 2.45) is 0 Å². The Morgan fingerprint density at radius 1 is 1.25 bits per heavy atom. The lowest BCUT2D eigenvalue weighted by Gasteiger charge is -2.10. The minimum Gasteiger partial charge on any atom is -0.495 e. The Morgan fingerprint density at radius 3 is 2.55 bits per heavy atom. The van der Waals surface area contributed by atoms with E-state index >= 15 is 0 Å². The molecule has 0 saturated heterocycles. The number of benzene rings is 2. The fraction of sp³-hybridized carbons (Fsp3) is 0.0667. The highest BCUT2D eigenvalue weighted by Crippen LogP contribution is 2.25. The monoisotopic (exact) mass is 267 g/mol. The van der Waals surface area contributed by atoms with Gasteiger partial charge in [0.2, 0.25) is 0 Å². The molecule has 1 amide bonds. The van der Waals surface area contributed by atoms with Crippen molar-refractivity contribution in [2.45, 2.75) is 0 Å². The van der Waals surface area contributed by atoms with Gasteiger partial charge < -0.3 is 15.8 Å². The maximum Gasteiger partial charge on any atom is 0.255 e. The molecule has 2 aromatic carbocycles. The van der Waals surface area contributed by atoms with E-state index in [4.69, 9.17) is 15.7 Å². The highest BCUT2D eigenvalue weighted by atomic mass is 16.5. The van der Waals surface area contributed by atoms with Gasteiger partial charge in [-0.25, -0.2) is 0 Å². The predicted molar refractivity (Wildman–Crippen MR) is 76.5 cm³/mol. The quantitative estimate of drug-likeness (QED) is 0.836. The van der Waals surface area contributed by atoms with E-state index in [9.17, 15) is 4.79 Å². The summed E-state index contributed by atoms with van der Waals surface area (Å²) >= 11 is 0. The molecule has 2 rings (SSSR count). The first-order chi connectivity index (χ1) is 9.63. The first kappa shape index (κ1) is 13.4. The van der Waals surface area contributed by atoms with Crippen LogP contribution < -0.4 is 15.8 Å². The van der Waals surface area contributed by atoms with Crippen LogP contribution in [0.3, 0.4) is 0 Å². The molecule has 0 saturated carbocycles. The highest BCUT2D eigenvalue weighted by Gasteiger charge is 2.10. The number of carbonyl (C=O) groups is 1. The van der Waals surface area contributed by atoms with Gasteiger partial charge in [-0.3, -0.25) is 4.79 Å². The van der Waals surface area contributed by atoms with Crippen LogP contribution in [-0.4, -0.2) is 13.0 Å². The van der Waals surface area contributed by atoms with E-state index in [2.05, 4.69) is 5.32 Å². The summed E-state index contributed by atoms with van der Waals surface area (Å²) in [7, 11) is 1.48. The van der Waals surface area contributed by atoms with Crippen LogP contribution in [0, 0.1) is 11.3 Å². The number of hydrogen-bond donors (Lipinski definition) is 2. The van der Waals surface area contributed by atoms with E-state index in [-0.39, 0.29) is 5.91 Å². The number of nitrogens with one attached hydrogen (secondary N) is 1. The van der Waals surface area contributed by atoms with Crippen molar-refractivity contribution in [3.63, 3.8) is 0 Å². The second-order valence-electron chi connectivity index (χ2n) is 4.10. The Morgan fingerprint density at radius 2 is 1.95 bits per heavy atom. The first-order valence-corrected chi connectivity index (χ1v) is 5.89. The van der Waals surface area contributed by atoms with E-state index in [1.807, 2.05) is 6.07 Å². The average molecular weight is 267 g/mol. The van der Waals surface area contributed by atoms with Gasteiger partial charge in [-0.1, -0.05) is 0 Å². The predicted octanol–water partition coefficient (Wildman–Crippen LogP) is 2.40. The van der Waals surface area contributed by atoms with Gasteiger partial charge in [0, 0.05) is 17.3 Å². The van der Waals surface area contributed by atoms with Gasteiger partial charge in [-0.05, 0) is 36.4 Å². The molecule has 100 valence electrons. The number of nitrogens with zero attached hydrogens (tertiary/aromatic N) is 1. The number of nitriles is 1. The molecule has 20 heavy (non-hydrogen) atoms. The second kappa shape index (κ2) is 5.76. The molecular weight excluding hydrogens is 254 g/mol. The Bertz CT molecular complexity index is 673. The van der Waals surface area contributed by atoms with Gasteiger partial charge in [0.15, 0.2) is 0 Å². The number of anilines is 2. The number of ether oxygens (including phenoxy) is 1. The summed E-state index contributed by atoms with van der Waals surface area (Å²) in [5.74, 6) is 0.167. The summed E-state index contributed by atoms with van der Waals surface area (Å²) in [6.07, 6.45) is 0. The second-order valence-corrected chi connectivity index (χ2v) is 4.10. The third-order valence-electron chi connectivity index (χ3n) is 2.75. The summed E-state index contributed by atoms with van der Waals surface area (Å²) in [6.45, 7) is 0. The lowest BCUT2D eigenvalue weighted by Crippen LogP contribution is -2.12. The molecule has 0 radical (unpaired) electrons. The van der Waals surface area contributed by atoms with Gasteiger partial charge in [0.1, 0.15) is 5.75 Å². The SMILES string of the molecule is COc1cc(C#N)ccc1NC(=O)c1ccc(N)cc1. The standard InChI is InChI=1S/C15H13N3O2/c1-20-14-8-10(9-16)2-7-13(14)18-15(19)11-3-5-12(17)6-4-11/h2-8H,17H2,1H3,(H,18,19). The maximum absolute atomic E-state index is 12.1. The Kier molecular flexibility index (Phi) is 3.87. The zero-order chi connectivity index (χ0) is 14.5. The van der Waals surface area contributed by atoms with Crippen LogP contribution in [0.1, 0.15) is 15.9 Å². The third-order valence-corrected chi connectivity index (χ3v) is 2.75. The normalized spacial score (nSPS) is 9.60. The molecule has 5 nitrogen and oxygen atoms in total. The number of methoxy groups -OCH3 is 1. The van der Waals surface area contributed by atoms with E-state index in [1.54, 1.807) is 42.5 Å². The van der Waals surface area contributed by atoms with Crippen LogP contribution in [0.2, 0.25) is 0 Å². The Balaban J connectivity index is 2.23. The summed E-state index contributed by atoms with van der Waals surface area (Å²) in [5.41, 5.74) is 7.63. The smallest absolute Gasteiger partial charge is 0.255 e. The molecule has 0 aliphatic rings. The Labute approximate surface area is 116 Å². The van der Waals surface area contributed by atoms with Crippen molar-refractivity contribution in [3.05, 3.63) is 53.6 Å². The van der Waals surface area contributed by atoms with Crippen molar-refractivity contribution >= 4 is 17.3 Å². The molecule has 0 aliphatic carbocycles. The maximum atomic E-state index is 12.1. The van der Waals surface area contributed by atoms with Crippen LogP contribution >= 0.6 is 0 Å². The Hall–Kier alpha value is -3.00. The van der Waals surface area contributed by atoms with E-state index in [1.165, 1.54) is 7.11 Å². The van der Waals surface area contributed by atoms with Gasteiger partial charge in [-0.2, -0.15) is 5.26 Å². The third kappa shape index (κ3) is 2.87. The molecule has 0 bridgehead atoms. The minimum absolute atomic E-state index is 0.270. The fourth-order valence-electron chi connectivity index (χ4n) is 1.69. The molecule has 0 unspecified atom stereocenters. The minimum atomic E-state index is -0.270.